The van der Waals surface area contributed by atoms with Crippen LogP contribution in [0.4, 0.5) is 17.1 Å². The number of ether oxygens (including phenoxy) is 1. The number of hydrogen-bond donors (Lipinski definition) is 0. The lowest BCUT2D eigenvalue weighted by atomic mass is 9.92. The number of fused-ring (bicyclic) bond motifs is 7. The molecule has 1 aliphatic heterocycles. The van der Waals surface area contributed by atoms with E-state index in [1.807, 2.05) is 0 Å². The van der Waals surface area contributed by atoms with E-state index in [0.717, 1.165) is 61.6 Å². The van der Waals surface area contributed by atoms with E-state index in [2.05, 4.69) is 217 Å². The van der Waals surface area contributed by atoms with Crippen molar-refractivity contribution in [2.75, 3.05) is 4.90 Å². The van der Waals surface area contributed by atoms with Crippen molar-refractivity contribution in [3.8, 4) is 67.1 Å². The lowest BCUT2D eigenvalue weighted by Crippen LogP contribution is -2.09. The van der Waals surface area contributed by atoms with Gasteiger partial charge in [0.15, 0.2) is 0 Å². The topological polar surface area (TPSA) is 12.5 Å². The Balaban J connectivity index is 1.03. The minimum absolute atomic E-state index is 0.859. The molecule has 1 aliphatic rings. The van der Waals surface area contributed by atoms with Gasteiger partial charge in [-0.25, -0.2) is 0 Å². The van der Waals surface area contributed by atoms with Crippen LogP contribution in [-0.4, -0.2) is 0 Å². The van der Waals surface area contributed by atoms with Gasteiger partial charge in [-0.2, -0.15) is 0 Å². The molecule has 0 aromatic heterocycles. The first-order chi connectivity index (χ1) is 26.8. The van der Waals surface area contributed by atoms with E-state index in [-0.39, 0.29) is 0 Å². The van der Waals surface area contributed by atoms with Crippen LogP contribution in [0.15, 0.2) is 212 Å². The Bertz CT molecular complexity index is 2670. The molecule has 9 aromatic rings. The van der Waals surface area contributed by atoms with Crippen LogP contribution in [0.1, 0.15) is 0 Å². The maximum absolute atomic E-state index is 6.91. The van der Waals surface area contributed by atoms with Crippen molar-refractivity contribution in [3.63, 3.8) is 0 Å². The Hall–Kier alpha value is -7.16. The van der Waals surface area contributed by atoms with Gasteiger partial charge >= 0.3 is 0 Å². The van der Waals surface area contributed by atoms with E-state index in [1.54, 1.807) is 0 Å². The van der Waals surface area contributed by atoms with Gasteiger partial charge in [-0.3, -0.25) is 0 Å². The van der Waals surface area contributed by atoms with Crippen LogP contribution in [0.3, 0.4) is 0 Å². The fraction of sp³-hybridized carbons (Fsp3) is 0. The zero-order valence-corrected chi connectivity index (χ0v) is 29.6. The van der Waals surface area contributed by atoms with E-state index in [4.69, 9.17) is 4.74 Å². The van der Waals surface area contributed by atoms with Crippen LogP contribution in [-0.2, 0) is 0 Å². The minimum Gasteiger partial charge on any atom is -0.455 e. The van der Waals surface area contributed by atoms with Crippen LogP contribution in [0.25, 0.3) is 66.4 Å². The second-order valence-electron chi connectivity index (χ2n) is 13.7. The van der Waals surface area contributed by atoms with Crippen molar-refractivity contribution in [2.24, 2.45) is 0 Å². The Kier molecular flexibility index (Phi) is 7.85. The summed E-state index contributed by atoms with van der Waals surface area (Å²) in [5.74, 6) is 1.76. The van der Waals surface area contributed by atoms with Gasteiger partial charge in [0.25, 0.3) is 0 Å². The quantitative estimate of drug-likeness (QED) is 0.172. The Labute approximate surface area is 315 Å². The van der Waals surface area contributed by atoms with Gasteiger partial charge in [0, 0.05) is 33.6 Å². The molecule has 0 saturated heterocycles. The summed E-state index contributed by atoms with van der Waals surface area (Å²) in [5.41, 5.74) is 14.9. The molecule has 0 aliphatic carbocycles. The average molecular weight is 690 g/mol. The highest BCUT2D eigenvalue weighted by Gasteiger charge is 2.23. The molecule has 0 unspecified atom stereocenters. The summed E-state index contributed by atoms with van der Waals surface area (Å²) in [4.78, 5) is 2.33. The van der Waals surface area contributed by atoms with E-state index >= 15 is 0 Å². The van der Waals surface area contributed by atoms with Crippen molar-refractivity contribution < 1.29 is 4.74 Å². The molecule has 2 heteroatoms. The van der Waals surface area contributed by atoms with E-state index < -0.39 is 0 Å². The van der Waals surface area contributed by atoms with Crippen LogP contribution in [0.2, 0.25) is 0 Å². The monoisotopic (exact) mass is 689 g/mol. The lowest BCUT2D eigenvalue weighted by Gasteiger charge is -2.26. The summed E-state index contributed by atoms with van der Waals surface area (Å²) in [7, 11) is 0. The van der Waals surface area contributed by atoms with Crippen molar-refractivity contribution in [3.05, 3.63) is 212 Å². The standard InChI is InChI=1S/C52H35NO/c1-3-11-36(12-4-1)38-19-27-43(28-20-38)53(44-29-21-39(22-30-44)37-13-5-2-6-14-37)45-31-23-40(24-32-45)42-26-33-49-47-17-9-10-18-48(47)50-34-25-41-15-7-8-16-46(41)52(50)54-51(49)35-42/h1-35H. The van der Waals surface area contributed by atoms with Crippen molar-refractivity contribution >= 4 is 27.8 Å². The van der Waals surface area contributed by atoms with Crippen molar-refractivity contribution in [1.29, 1.82) is 0 Å². The van der Waals surface area contributed by atoms with Crippen molar-refractivity contribution in [1.82, 2.24) is 0 Å². The maximum Gasteiger partial charge on any atom is 0.143 e. The second-order valence-corrected chi connectivity index (χ2v) is 13.7. The highest BCUT2D eigenvalue weighted by atomic mass is 16.5. The minimum atomic E-state index is 0.859. The summed E-state index contributed by atoms with van der Waals surface area (Å²) in [6.07, 6.45) is 0. The van der Waals surface area contributed by atoms with Gasteiger partial charge in [-0.15, -0.1) is 0 Å². The Morgan fingerprint density at radius 3 is 1.30 bits per heavy atom. The maximum atomic E-state index is 6.91. The van der Waals surface area contributed by atoms with Gasteiger partial charge in [0.05, 0.1) is 0 Å². The Morgan fingerprint density at radius 2 is 0.722 bits per heavy atom. The van der Waals surface area contributed by atoms with Gasteiger partial charge < -0.3 is 9.64 Å². The highest BCUT2D eigenvalue weighted by Crippen LogP contribution is 2.50. The summed E-state index contributed by atoms with van der Waals surface area (Å²) in [5, 5.41) is 2.28. The van der Waals surface area contributed by atoms with Crippen LogP contribution in [0, 0.1) is 0 Å². The zero-order chi connectivity index (χ0) is 35.8. The highest BCUT2D eigenvalue weighted by molar-refractivity contribution is 6.00. The van der Waals surface area contributed by atoms with Gasteiger partial charge in [0.1, 0.15) is 11.5 Å². The summed E-state index contributed by atoms with van der Waals surface area (Å²) in [6, 6.07) is 75.7. The third-order valence-electron chi connectivity index (χ3n) is 10.5. The van der Waals surface area contributed by atoms with Crippen LogP contribution >= 0.6 is 0 Å². The molecule has 0 atom stereocenters. The fourth-order valence-corrected chi connectivity index (χ4v) is 7.75. The second kappa shape index (κ2) is 13.4. The molecule has 9 aromatic carbocycles. The Morgan fingerprint density at radius 1 is 0.296 bits per heavy atom. The molecule has 0 fully saturated rings. The number of anilines is 3. The average Bonchev–Trinajstić information content (AvgIpc) is 3.39. The normalized spacial score (nSPS) is 11.5. The molecule has 10 rings (SSSR count). The summed E-state index contributed by atoms with van der Waals surface area (Å²) in [6.45, 7) is 0. The molecule has 2 nitrogen and oxygen atoms in total. The van der Waals surface area contributed by atoms with E-state index in [1.165, 1.54) is 33.4 Å². The predicted octanol–water partition coefficient (Wildman–Crippen LogP) is 14.8. The third kappa shape index (κ3) is 5.71. The molecular formula is C52H35NO. The SMILES string of the molecule is c1ccc(-c2ccc(N(c3ccc(-c4ccccc4)cc3)c3ccc(-c4ccc5c(c4)Oc4c(ccc6ccccc46)-c4ccccc4-5)cc3)cc2)cc1. The summed E-state index contributed by atoms with van der Waals surface area (Å²) < 4.78 is 6.91. The van der Waals surface area contributed by atoms with E-state index in [9.17, 15) is 0 Å². The molecule has 0 spiro atoms. The molecule has 0 N–H and O–H groups in total. The molecule has 0 bridgehead atoms. The van der Waals surface area contributed by atoms with Gasteiger partial charge in [-0.05, 0) is 104 Å². The first kappa shape index (κ1) is 31.6. The number of rotatable bonds is 6. The molecular weight excluding hydrogens is 655 g/mol. The molecule has 0 saturated carbocycles. The molecule has 1 heterocycles. The first-order valence-electron chi connectivity index (χ1n) is 18.4. The molecule has 254 valence electrons. The van der Waals surface area contributed by atoms with Crippen molar-refractivity contribution in [2.45, 2.75) is 0 Å². The molecule has 0 amide bonds. The van der Waals surface area contributed by atoms with Crippen LogP contribution < -0.4 is 9.64 Å². The number of benzene rings is 9. The molecule has 0 radical (unpaired) electrons. The van der Waals surface area contributed by atoms with E-state index in [0.29, 0.717) is 0 Å². The summed E-state index contributed by atoms with van der Waals surface area (Å²) >= 11 is 0. The third-order valence-corrected chi connectivity index (χ3v) is 10.5. The lowest BCUT2D eigenvalue weighted by molar-refractivity contribution is 0.493. The van der Waals surface area contributed by atoms with Gasteiger partial charge in [0.2, 0.25) is 0 Å². The number of hydrogen-bond acceptors (Lipinski definition) is 2. The largest absolute Gasteiger partial charge is 0.455 e. The first-order valence-corrected chi connectivity index (χ1v) is 18.4. The molecule has 54 heavy (non-hydrogen) atoms. The van der Waals surface area contributed by atoms with Gasteiger partial charge in [-0.1, -0.05) is 158 Å². The zero-order valence-electron chi connectivity index (χ0n) is 29.6. The predicted molar refractivity (Wildman–Crippen MR) is 226 cm³/mol. The van der Waals surface area contributed by atoms with Crippen LogP contribution in [0.5, 0.6) is 11.5 Å². The smallest absolute Gasteiger partial charge is 0.143 e. The number of nitrogens with zero attached hydrogens (tertiary/aromatic N) is 1. The fourth-order valence-electron chi connectivity index (χ4n) is 7.75.